The maximum atomic E-state index is 13.2. The van der Waals surface area contributed by atoms with Crippen LogP contribution in [0.3, 0.4) is 0 Å². The molecule has 0 heterocycles. The average Bonchev–Trinajstić information content (AvgIpc) is 2.41. The van der Waals surface area contributed by atoms with Crippen molar-refractivity contribution in [2.45, 2.75) is 33.6 Å². The van der Waals surface area contributed by atoms with E-state index in [0.717, 1.165) is 6.07 Å². The van der Waals surface area contributed by atoms with E-state index in [1.165, 1.54) is 12.1 Å². The van der Waals surface area contributed by atoms with E-state index < -0.39 is 29.4 Å². The number of aryl methyl sites for hydroxylation is 1. The van der Waals surface area contributed by atoms with Gasteiger partial charge < -0.3 is 11.1 Å². The van der Waals surface area contributed by atoms with E-state index in [4.69, 9.17) is 5.73 Å². The van der Waals surface area contributed by atoms with Gasteiger partial charge in [-0.25, -0.2) is 8.78 Å². The largest absolute Gasteiger partial charge is 0.369 e. The average molecular weight is 326 g/mol. The highest BCUT2D eigenvalue weighted by atomic mass is 19.1. The van der Waals surface area contributed by atoms with Crippen LogP contribution in [-0.4, -0.2) is 18.4 Å². The van der Waals surface area contributed by atoms with Crippen molar-refractivity contribution in [3.8, 4) is 0 Å². The molecule has 0 aliphatic carbocycles. The van der Waals surface area contributed by atoms with Crippen LogP contribution in [0.15, 0.2) is 18.2 Å². The molecule has 1 rings (SSSR count). The zero-order chi connectivity index (χ0) is 17.6. The molecule has 0 fully saturated rings. The molecule has 128 valence electrons. The lowest BCUT2D eigenvalue weighted by molar-refractivity contribution is -0.135. The van der Waals surface area contributed by atoms with Gasteiger partial charge >= 0.3 is 0 Å². The van der Waals surface area contributed by atoms with Gasteiger partial charge in [0, 0.05) is 18.5 Å². The van der Waals surface area contributed by atoms with Gasteiger partial charge in [0.2, 0.25) is 11.8 Å². The number of amides is 2. The Hall–Kier alpha value is -1.98. The number of carbonyl (C=O) groups is 2. The van der Waals surface area contributed by atoms with Gasteiger partial charge in [-0.3, -0.25) is 9.59 Å². The summed E-state index contributed by atoms with van der Waals surface area (Å²) >= 11 is 0. The maximum absolute atomic E-state index is 13.2. The van der Waals surface area contributed by atoms with Crippen molar-refractivity contribution in [3.05, 3.63) is 35.4 Å². The molecule has 1 aromatic rings. The summed E-state index contributed by atoms with van der Waals surface area (Å²) in [6.45, 7) is 5.95. The van der Waals surface area contributed by atoms with Gasteiger partial charge in [0.1, 0.15) is 11.6 Å². The number of benzene rings is 1. The molecule has 0 saturated carbocycles. The molecule has 0 radical (unpaired) electrons. The lowest BCUT2D eigenvalue weighted by Crippen LogP contribution is -2.43. The Labute approximate surface area is 135 Å². The number of rotatable bonds is 8. The zero-order valence-electron chi connectivity index (χ0n) is 13.7. The second-order valence-electron chi connectivity index (χ2n) is 5.99. The lowest BCUT2D eigenvalue weighted by Gasteiger charge is -2.27. The number of primary amides is 1. The van der Waals surface area contributed by atoms with Crippen LogP contribution in [0.2, 0.25) is 0 Å². The summed E-state index contributed by atoms with van der Waals surface area (Å²) < 4.78 is 26.5. The fourth-order valence-electron chi connectivity index (χ4n) is 2.82. The fraction of sp³-hybridized carbons (Fsp3) is 0.529. The van der Waals surface area contributed by atoms with Gasteiger partial charge in [-0.05, 0) is 43.4 Å². The summed E-state index contributed by atoms with van der Waals surface area (Å²) in [7, 11) is 0. The molecule has 1 aromatic carbocycles. The molecule has 0 unspecified atom stereocenters. The normalized spacial score (nSPS) is 13.7. The van der Waals surface area contributed by atoms with Gasteiger partial charge in [0.05, 0.1) is 5.92 Å². The predicted molar refractivity (Wildman–Crippen MR) is 84.4 cm³/mol. The van der Waals surface area contributed by atoms with E-state index in [1.54, 1.807) is 6.92 Å². The maximum Gasteiger partial charge on any atom is 0.224 e. The standard InChI is InChI=1S/C17H24F2N2O2/c1-4-21-17(23)15(10(2)3)14(16(20)22)6-5-11-7-12(18)9-13(19)8-11/h7-10,14-15H,4-6H2,1-3H3,(H2,20,22)(H,21,23)/t14-,15+/m0/s1. The summed E-state index contributed by atoms with van der Waals surface area (Å²) in [5, 5.41) is 2.71. The van der Waals surface area contributed by atoms with Gasteiger partial charge in [-0.15, -0.1) is 0 Å². The molecule has 2 amide bonds. The van der Waals surface area contributed by atoms with E-state index in [9.17, 15) is 18.4 Å². The highest BCUT2D eigenvalue weighted by Gasteiger charge is 2.34. The fourth-order valence-corrected chi connectivity index (χ4v) is 2.82. The Balaban J connectivity index is 2.92. The zero-order valence-corrected chi connectivity index (χ0v) is 13.7. The second kappa shape index (κ2) is 8.60. The first-order chi connectivity index (χ1) is 10.8. The van der Waals surface area contributed by atoms with Crippen LogP contribution in [0.5, 0.6) is 0 Å². The Morgan fingerprint density at radius 1 is 1.17 bits per heavy atom. The topological polar surface area (TPSA) is 72.2 Å². The molecule has 0 bridgehead atoms. The van der Waals surface area contributed by atoms with E-state index in [2.05, 4.69) is 5.32 Å². The molecule has 3 N–H and O–H groups in total. The molecule has 2 atom stereocenters. The second-order valence-corrected chi connectivity index (χ2v) is 5.99. The van der Waals surface area contributed by atoms with Crippen molar-refractivity contribution in [2.24, 2.45) is 23.5 Å². The molecule has 0 spiro atoms. The van der Waals surface area contributed by atoms with Gasteiger partial charge in [-0.1, -0.05) is 13.8 Å². The molecule has 4 nitrogen and oxygen atoms in total. The lowest BCUT2D eigenvalue weighted by atomic mass is 9.79. The van der Waals surface area contributed by atoms with Crippen molar-refractivity contribution in [1.29, 1.82) is 0 Å². The minimum Gasteiger partial charge on any atom is -0.369 e. The highest BCUT2D eigenvalue weighted by Crippen LogP contribution is 2.26. The van der Waals surface area contributed by atoms with E-state index in [1.807, 2.05) is 13.8 Å². The molecule has 6 heteroatoms. The predicted octanol–water partition coefficient (Wildman–Crippen LogP) is 2.41. The third-order valence-corrected chi connectivity index (χ3v) is 3.84. The van der Waals surface area contributed by atoms with Crippen molar-refractivity contribution < 1.29 is 18.4 Å². The Bertz CT molecular complexity index is 541. The SMILES string of the molecule is CCNC(=O)[C@H](C(C)C)[C@H](CCc1cc(F)cc(F)c1)C(N)=O. The summed E-state index contributed by atoms with van der Waals surface area (Å²) in [5.74, 6) is -3.47. The van der Waals surface area contributed by atoms with Crippen LogP contribution in [0.4, 0.5) is 8.78 Å². The third kappa shape index (κ3) is 5.62. The monoisotopic (exact) mass is 326 g/mol. The molecule has 0 aromatic heterocycles. The van der Waals surface area contributed by atoms with Gasteiger partial charge in [-0.2, -0.15) is 0 Å². The van der Waals surface area contributed by atoms with Gasteiger partial charge in [0.15, 0.2) is 0 Å². The Kier molecular flexibility index (Phi) is 7.13. The molecule has 0 aliphatic rings. The smallest absolute Gasteiger partial charge is 0.224 e. The Morgan fingerprint density at radius 3 is 2.17 bits per heavy atom. The summed E-state index contributed by atoms with van der Waals surface area (Å²) in [6.07, 6.45) is 0.531. The van der Waals surface area contributed by atoms with E-state index in [-0.39, 0.29) is 24.7 Å². The van der Waals surface area contributed by atoms with Gasteiger partial charge in [0.25, 0.3) is 0 Å². The van der Waals surface area contributed by atoms with Crippen LogP contribution in [0.1, 0.15) is 32.8 Å². The van der Waals surface area contributed by atoms with E-state index in [0.29, 0.717) is 12.1 Å². The Morgan fingerprint density at radius 2 is 1.74 bits per heavy atom. The number of hydrogen-bond acceptors (Lipinski definition) is 2. The molecule has 0 aliphatic heterocycles. The van der Waals surface area contributed by atoms with Crippen LogP contribution in [0, 0.1) is 29.4 Å². The third-order valence-electron chi connectivity index (χ3n) is 3.84. The quantitative estimate of drug-likeness (QED) is 0.770. The van der Waals surface area contributed by atoms with Crippen molar-refractivity contribution in [1.82, 2.24) is 5.32 Å². The van der Waals surface area contributed by atoms with Crippen LogP contribution in [0.25, 0.3) is 0 Å². The first kappa shape index (κ1) is 19.1. The van der Waals surface area contributed by atoms with Crippen molar-refractivity contribution in [2.75, 3.05) is 6.54 Å². The van der Waals surface area contributed by atoms with Crippen LogP contribution >= 0.6 is 0 Å². The summed E-state index contributed by atoms with van der Waals surface area (Å²) in [6, 6.07) is 3.23. The molecule has 23 heavy (non-hydrogen) atoms. The number of hydrogen-bond donors (Lipinski definition) is 2. The van der Waals surface area contributed by atoms with Crippen LogP contribution < -0.4 is 11.1 Å². The number of nitrogens with two attached hydrogens (primary N) is 1. The number of nitrogens with one attached hydrogen (secondary N) is 1. The first-order valence-electron chi connectivity index (χ1n) is 7.78. The van der Waals surface area contributed by atoms with E-state index >= 15 is 0 Å². The summed E-state index contributed by atoms with van der Waals surface area (Å²) in [5.41, 5.74) is 5.90. The van der Waals surface area contributed by atoms with Crippen LogP contribution in [-0.2, 0) is 16.0 Å². The number of halogens is 2. The van der Waals surface area contributed by atoms with Crippen molar-refractivity contribution >= 4 is 11.8 Å². The van der Waals surface area contributed by atoms with Crippen molar-refractivity contribution in [3.63, 3.8) is 0 Å². The molecular formula is C17H24F2N2O2. The summed E-state index contributed by atoms with van der Waals surface area (Å²) in [4.78, 5) is 24.0. The minimum atomic E-state index is -0.687. The minimum absolute atomic E-state index is 0.0803. The molecular weight excluding hydrogens is 302 g/mol. The highest BCUT2D eigenvalue weighted by molar-refractivity contribution is 5.87. The number of carbonyl (C=O) groups excluding carboxylic acids is 2. The first-order valence-corrected chi connectivity index (χ1v) is 7.78. The molecule has 0 saturated heterocycles.